The molecule has 1 aromatic carbocycles. The highest BCUT2D eigenvalue weighted by atomic mass is 35.5. The number of nitrogens with one attached hydrogen (secondary N) is 1. The summed E-state index contributed by atoms with van der Waals surface area (Å²) in [4.78, 5) is 14.9. The van der Waals surface area contributed by atoms with Gasteiger partial charge >= 0.3 is 0 Å². The summed E-state index contributed by atoms with van der Waals surface area (Å²) in [5, 5.41) is 3.58. The fraction of sp³-hybridized carbons (Fsp3) is 0.650. The topological polar surface area (TPSA) is 60.0 Å². The number of hydrogen-bond acceptors (Lipinski definition) is 5. The van der Waals surface area contributed by atoms with E-state index >= 15 is 0 Å². The fourth-order valence-electron chi connectivity index (χ4n) is 3.59. The Bertz CT molecular complexity index is 647. The average molecular weight is 397 g/mol. The number of morpholine rings is 1. The molecule has 0 saturated carbocycles. The second-order valence-electron chi connectivity index (χ2n) is 7.51. The van der Waals surface area contributed by atoms with Crippen LogP contribution >= 0.6 is 11.6 Å². The lowest BCUT2D eigenvalue weighted by atomic mass is 10.0. The van der Waals surface area contributed by atoms with Crippen LogP contribution in [-0.4, -0.2) is 62.9 Å². The molecule has 150 valence electrons. The zero-order valence-electron chi connectivity index (χ0n) is 16.1. The van der Waals surface area contributed by atoms with Crippen molar-refractivity contribution < 1.29 is 19.0 Å². The summed E-state index contributed by atoms with van der Waals surface area (Å²) in [6, 6.07) is 3.96. The second-order valence-corrected chi connectivity index (χ2v) is 7.92. The highest BCUT2D eigenvalue weighted by Crippen LogP contribution is 2.38. The predicted octanol–water partition coefficient (Wildman–Crippen LogP) is 2.52. The Morgan fingerprint density at radius 3 is 2.67 bits per heavy atom. The van der Waals surface area contributed by atoms with E-state index in [0.29, 0.717) is 48.2 Å². The summed E-state index contributed by atoms with van der Waals surface area (Å²) in [5.74, 6) is 1.75. The second kappa shape index (κ2) is 9.62. The van der Waals surface area contributed by atoms with E-state index in [1.807, 2.05) is 6.07 Å². The van der Waals surface area contributed by atoms with Crippen LogP contribution in [0.15, 0.2) is 12.1 Å². The molecular formula is C20H29ClN2O4. The maximum atomic E-state index is 12.5. The molecular weight excluding hydrogens is 368 g/mol. The maximum absolute atomic E-state index is 12.5. The van der Waals surface area contributed by atoms with Crippen LogP contribution in [0.4, 0.5) is 0 Å². The summed E-state index contributed by atoms with van der Waals surface area (Å²) in [7, 11) is 0. The van der Waals surface area contributed by atoms with Gasteiger partial charge < -0.3 is 19.5 Å². The van der Waals surface area contributed by atoms with Crippen LogP contribution < -0.4 is 14.8 Å². The molecule has 0 radical (unpaired) electrons. The van der Waals surface area contributed by atoms with Gasteiger partial charge in [0, 0.05) is 25.7 Å². The number of ether oxygens (including phenoxy) is 3. The molecule has 0 aromatic heterocycles. The zero-order chi connectivity index (χ0) is 19.2. The molecule has 2 aliphatic rings. The molecule has 1 aromatic rings. The first-order chi connectivity index (χ1) is 13.0. The van der Waals surface area contributed by atoms with Crippen molar-refractivity contribution in [1.29, 1.82) is 0 Å². The van der Waals surface area contributed by atoms with Crippen molar-refractivity contribution in [2.45, 2.75) is 32.7 Å². The first-order valence-corrected chi connectivity index (χ1v) is 10.1. The van der Waals surface area contributed by atoms with Crippen molar-refractivity contribution in [2.75, 3.05) is 46.1 Å². The maximum Gasteiger partial charge on any atom is 0.224 e. The SMILES string of the molecule is CC(C)CC(CNC(=O)Cc1cc(Cl)c2c(c1)OCCO2)N1CCOCC1. The number of rotatable bonds is 7. The molecule has 0 bridgehead atoms. The van der Waals surface area contributed by atoms with Crippen molar-refractivity contribution in [3.05, 3.63) is 22.7 Å². The summed E-state index contributed by atoms with van der Waals surface area (Å²) >= 11 is 6.26. The summed E-state index contributed by atoms with van der Waals surface area (Å²) in [6.07, 6.45) is 1.32. The van der Waals surface area contributed by atoms with Crippen LogP contribution in [0.5, 0.6) is 11.5 Å². The number of nitrogens with zero attached hydrogens (tertiary/aromatic N) is 1. The normalized spacial score (nSPS) is 18.4. The highest BCUT2D eigenvalue weighted by Gasteiger charge is 2.23. The number of amides is 1. The Balaban J connectivity index is 1.56. The first kappa shape index (κ1) is 20.2. The van der Waals surface area contributed by atoms with Gasteiger partial charge in [-0.15, -0.1) is 0 Å². The van der Waals surface area contributed by atoms with Gasteiger partial charge in [0.25, 0.3) is 0 Å². The predicted molar refractivity (Wildman–Crippen MR) is 105 cm³/mol. The van der Waals surface area contributed by atoms with Crippen LogP contribution in [0.25, 0.3) is 0 Å². The van der Waals surface area contributed by atoms with E-state index < -0.39 is 0 Å². The van der Waals surface area contributed by atoms with Crippen molar-refractivity contribution >= 4 is 17.5 Å². The van der Waals surface area contributed by atoms with Gasteiger partial charge in [0.1, 0.15) is 13.2 Å². The Morgan fingerprint density at radius 1 is 1.19 bits per heavy atom. The molecule has 0 aliphatic carbocycles. The van der Waals surface area contributed by atoms with E-state index in [2.05, 4.69) is 24.1 Å². The number of carbonyl (C=O) groups is 1. The van der Waals surface area contributed by atoms with Crippen LogP contribution in [0.2, 0.25) is 5.02 Å². The number of carbonyl (C=O) groups excluding carboxylic acids is 1. The van der Waals surface area contributed by atoms with Gasteiger partial charge in [-0.05, 0) is 30.0 Å². The Hall–Kier alpha value is -1.50. The van der Waals surface area contributed by atoms with E-state index in [1.54, 1.807) is 6.07 Å². The van der Waals surface area contributed by atoms with E-state index in [4.69, 9.17) is 25.8 Å². The van der Waals surface area contributed by atoms with Crippen LogP contribution in [0, 0.1) is 5.92 Å². The largest absolute Gasteiger partial charge is 0.486 e. The van der Waals surface area contributed by atoms with E-state index in [9.17, 15) is 4.79 Å². The molecule has 3 rings (SSSR count). The van der Waals surface area contributed by atoms with Gasteiger partial charge in [-0.3, -0.25) is 9.69 Å². The van der Waals surface area contributed by atoms with Gasteiger partial charge in [-0.1, -0.05) is 25.4 Å². The zero-order valence-corrected chi connectivity index (χ0v) is 16.9. The van der Waals surface area contributed by atoms with Crippen LogP contribution in [0.1, 0.15) is 25.8 Å². The third-order valence-electron chi connectivity index (χ3n) is 4.86. The molecule has 1 unspecified atom stereocenters. The molecule has 0 spiro atoms. The molecule has 2 heterocycles. The number of benzene rings is 1. The first-order valence-electron chi connectivity index (χ1n) is 9.69. The van der Waals surface area contributed by atoms with Crippen molar-refractivity contribution in [3.8, 4) is 11.5 Å². The number of halogens is 1. The summed E-state index contributed by atoms with van der Waals surface area (Å²) < 4.78 is 16.6. The molecule has 7 heteroatoms. The fourth-order valence-corrected chi connectivity index (χ4v) is 3.88. The Morgan fingerprint density at radius 2 is 1.93 bits per heavy atom. The molecule has 27 heavy (non-hydrogen) atoms. The average Bonchev–Trinajstić information content (AvgIpc) is 2.65. The molecule has 2 aliphatic heterocycles. The summed E-state index contributed by atoms with van der Waals surface area (Å²) in [6.45, 7) is 9.43. The van der Waals surface area contributed by atoms with E-state index in [0.717, 1.165) is 38.3 Å². The lowest BCUT2D eigenvalue weighted by Gasteiger charge is -2.35. The van der Waals surface area contributed by atoms with Gasteiger partial charge in [0.05, 0.1) is 24.7 Å². The minimum absolute atomic E-state index is 0.00948. The quantitative estimate of drug-likeness (QED) is 0.767. The Kier molecular flexibility index (Phi) is 7.21. The lowest BCUT2D eigenvalue weighted by Crippen LogP contribution is -2.49. The van der Waals surface area contributed by atoms with Crippen molar-refractivity contribution in [3.63, 3.8) is 0 Å². The molecule has 1 amide bonds. The standard InChI is InChI=1S/C20H29ClN2O4/c1-14(2)9-16(23-3-5-25-6-4-23)13-22-19(24)12-15-10-17(21)20-18(11-15)26-7-8-27-20/h10-11,14,16H,3-9,12-13H2,1-2H3,(H,22,24). The van der Waals surface area contributed by atoms with E-state index in [1.165, 1.54) is 0 Å². The molecule has 6 nitrogen and oxygen atoms in total. The monoisotopic (exact) mass is 396 g/mol. The van der Waals surface area contributed by atoms with Crippen LogP contribution in [0.3, 0.4) is 0 Å². The van der Waals surface area contributed by atoms with Gasteiger partial charge in [0.2, 0.25) is 5.91 Å². The minimum atomic E-state index is -0.00948. The van der Waals surface area contributed by atoms with Gasteiger partial charge in [-0.2, -0.15) is 0 Å². The Labute approximate surface area is 166 Å². The highest BCUT2D eigenvalue weighted by molar-refractivity contribution is 6.32. The summed E-state index contributed by atoms with van der Waals surface area (Å²) in [5.41, 5.74) is 0.827. The van der Waals surface area contributed by atoms with Gasteiger partial charge in [-0.25, -0.2) is 0 Å². The van der Waals surface area contributed by atoms with Gasteiger partial charge in [0.15, 0.2) is 11.5 Å². The van der Waals surface area contributed by atoms with Crippen molar-refractivity contribution in [1.82, 2.24) is 10.2 Å². The molecule has 1 saturated heterocycles. The molecule has 1 atom stereocenters. The lowest BCUT2D eigenvalue weighted by molar-refractivity contribution is -0.120. The van der Waals surface area contributed by atoms with Crippen molar-refractivity contribution in [2.24, 2.45) is 5.92 Å². The third kappa shape index (κ3) is 5.74. The minimum Gasteiger partial charge on any atom is -0.486 e. The van der Waals surface area contributed by atoms with Crippen LogP contribution in [-0.2, 0) is 16.0 Å². The molecule has 1 N–H and O–H groups in total. The molecule has 1 fully saturated rings. The smallest absolute Gasteiger partial charge is 0.224 e. The number of hydrogen-bond donors (Lipinski definition) is 1. The van der Waals surface area contributed by atoms with E-state index in [-0.39, 0.29) is 12.3 Å². The third-order valence-corrected chi connectivity index (χ3v) is 5.14. The number of fused-ring (bicyclic) bond motifs is 1.